The number of fused-ring (bicyclic) bond motifs is 1. The van der Waals surface area contributed by atoms with Gasteiger partial charge in [-0.15, -0.1) is 0 Å². The summed E-state index contributed by atoms with van der Waals surface area (Å²) >= 11 is 12.0. The first-order valence-corrected chi connectivity index (χ1v) is 6.83. The highest BCUT2D eigenvalue weighted by Gasteiger charge is 2.23. The lowest BCUT2D eigenvalue weighted by atomic mass is 10.00. The molecule has 3 rings (SSSR count). The van der Waals surface area contributed by atoms with E-state index in [1.807, 2.05) is 24.3 Å². The molecule has 0 bridgehead atoms. The van der Waals surface area contributed by atoms with Crippen LogP contribution in [0.4, 0.5) is 0 Å². The molecule has 0 amide bonds. The minimum Gasteiger partial charge on any atom is -0.234 e. The van der Waals surface area contributed by atoms with Crippen LogP contribution in [0, 0.1) is 11.3 Å². The largest absolute Gasteiger partial charge is 0.234 e. The lowest BCUT2D eigenvalue weighted by Gasteiger charge is -2.10. The molecule has 0 aliphatic heterocycles. The monoisotopic (exact) mass is 288 g/mol. The average molecular weight is 289 g/mol. The molecular weight excluding hydrogens is 279 g/mol. The van der Waals surface area contributed by atoms with Gasteiger partial charge in [-0.05, 0) is 42.5 Å². The molecule has 0 unspecified atom stereocenters. The van der Waals surface area contributed by atoms with E-state index in [1.54, 1.807) is 0 Å². The zero-order valence-electron chi connectivity index (χ0n) is 10.1. The molecule has 19 heavy (non-hydrogen) atoms. The molecule has 0 atom stereocenters. The minimum atomic E-state index is 0.299. The van der Waals surface area contributed by atoms with Crippen LogP contribution >= 0.6 is 23.2 Å². The molecule has 2 nitrogen and oxygen atoms in total. The molecule has 94 valence electrons. The SMILES string of the molecule is N#Cc1c(Cl)nc(-c2ccc(Cl)cc2)c2c1CCC2. The highest BCUT2D eigenvalue weighted by atomic mass is 35.5. The fourth-order valence-electron chi connectivity index (χ4n) is 2.59. The Morgan fingerprint density at radius 2 is 1.74 bits per heavy atom. The van der Waals surface area contributed by atoms with Crippen LogP contribution in [0.15, 0.2) is 24.3 Å². The van der Waals surface area contributed by atoms with Gasteiger partial charge in [0.1, 0.15) is 11.2 Å². The number of hydrogen-bond donors (Lipinski definition) is 0. The Bertz CT molecular complexity index is 685. The molecule has 1 aromatic carbocycles. The summed E-state index contributed by atoms with van der Waals surface area (Å²) in [5.41, 5.74) is 4.63. The van der Waals surface area contributed by atoms with Crippen LogP contribution < -0.4 is 0 Å². The van der Waals surface area contributed by atoms with Gasteiger partial charge in [-0.25, -0.2) is 4.98 Å². The maximum atomic E-state index is 9.19. The van der Waals surface area contributed by atoms with E-state index in [2.05, 4.69) is 11.1 Å². The lowest BCUT2D eigenvalue weighted by molar-refractivity contribution is 0.911. The zero-order chi connectivity index (χ0) is 13.4. The van der Waals surface area contributed by atoms with E-state index < -0.39 is 0 Å². The molecule has 1 aliphatic carbocycles. The van der Waals surface area contributed by atoms with Crippen LogP contribution in [0.2, 0.25) is 10.2 Å². The molecule has 1 heterocycles. The van der Waals surface area contributed by atoms with Crippen molar-refractivity contribution in [1.29, 1.82) is 5.26 Å². The average Bonchev–Trinajstić information content (AvgIpc) is 2.88. The third-order valence-corrected chi connectivity index (χ3v) is 3.98. The predicted molar refractivity (Wildman–Crippen MR) is 76.4 cm³/mol. The first-order chi connectivity index (χ1) is 9.20. The second-order valence-electron chi connectivity index (χ2n) is 4.56. The standard InChI is InChI=1S/C15H10Cl2N2/c16-10-6-4-9(5-7-10)14-12-3-1-2-11(12)13(8-18)15(17)19-14/h4-7H,1-3H2. The Kier molecular flexibility index (Phi) is 3.18. The van der Waals surface area contributed by atoms with Gasteiger partial charge in [-0.1, -0.05) is 35.3 Å². The Morgan fingerprint density at radius 1 is 1.05 bits per heavy atom. The molecule has 2 aromatic rings. The van der Waals surface area contributed by atoms with E-state index >= 15 is 0 Å². The van der Waals surface area contributed by atoms with Gasteiger partial charge >= 0.3 is 0 Å². The Morgan fingerprint density at radius 3 is 2.42 bits per heavy atom. The smallest absolute Gasteiger partial charge is 0.147 e. The molecule has 0 fully saturated rings. The van der Waals surface area contributed by atoms with Crippen LogP contribution in [-0.4, -0.2) is 4.98 Å². The molecule has 0 saturated heterocycles. The minimum absolute atomic E-state index is 0.299. The molecule has 0 radical (unpaired) electrons. The topological polar surface area (TPSA) is 36.7 Å². The highest BCUT2D eigenvalue weighted by molar-refractivity contribution is 6.31. The maximum Gasteiger partial charge on any atom is 0.147 e. The van der Waals surface area contributed by atoms with E-state index in [4.69, 9.17) is 23.2 Å². The fraction of sp³-hybridized carbons (Fsp3) is 0.200. The van der Waals surface area contributed by atoms with E-state index in [0.717, 1.165) is 41.6 Å². The number of nitrogens with zero attached hydrogens (tertiary/aromatic N) is 2. The summed E-state index contributed by atoms with van der Waals surface area (Å²) in [6.45, 7) is 0. The maximum absolute atomic E-state index is 9.19. The van der Waals surface area contributed by atoms with Crippen LogP contribution in [0.25, 0.3) is 11.3 Å². The van der Waals surface area contributed by atoms with Crippen LogP contribution in [0.1, 0.15) is 23.1 Å². The van der Waals surface area contributed by atoms with Crippen molar-refractivity contribution in [3.63, 3.8) is 0 Å². The van der Waals surface area contributed by atoms with Crippen molar-refractivity contribution in [2.24, 2.45) is 0 Å². The van der Waals surface area contributed by atoms with Gasteiger partial charge in [0.15, 0.2) is 0 Å². The number of rotatable bonds is 1. The van der Waals surface area contributed by atoms with Crippen molar-refractivity contribution < 1.29 is 0 Å². The van der Waals surface area contributed by atoms with Crippen molar-refractivity contribution in [2.75, 3.05) is 0 Å². The lowest BCUT2D eigenvalue weighted by Crippen LogP contribution is -1.98. The molecular formula is C15H10Cl2N2. The summed E-state index contributed by atoms with van der Waals surface area (Å²) in [6.07, 6.45) is 2.90. The fourth-order valence-corrected chi connectivity index (χ4v) is 2.95. The molecule has 0 saturated carbocycles. The van der Waals surface area contributed by atoms with Crippen molar-refractivity contribution >= 4 is 23.2 Å². The van der Waals surface area contributed by atoms with Gasteiger partial charge in [0, 0.05) is 10.6 Å². The Hall–Kier alpha value is -1.56. The molecule has 1 aromatic heterocycles. The summed E-state index contributed by atoms with van der Waals surface area (Å²) in [7, 11) is 0. The second-order valence-corrected chi connectivity index (χ2v) is 5.35. The van der Waals surface area contributed by atoms with Crippen LogP contribution in [-0.2, 0) is 12.8 Å². The first-order valence-electron chi connectivity index (χ1n) is 6.08. The van der Waals surface area contributed by atoms with Gasteiger partial charge in [0.25, 0.3) is 0 Å². The highest BCUT2D eigenvalue weighted by Crippen LogP contribution is 2.36. The number of pyridine rings is 1. The third kappa shape index (κ3) is 2.10. The van der Waals surface area contributed by atoms with Crippen molar-refractivity contribution in [3.05, 3.63) is 51.1 Å². The number of halogens is 2. The summed E-state index contributed by atoms with van der Waals surface area (Å²) < 4.78 is 0. The van der Waals surface area contributed by atoms with Crippen molar-refractivity contribution in [3.8, 4) is 17.3 Å². The summed E-state index contributed by atoms with van der Waals surface area (Å²) in [5, 5.41) is 10.2. The van der Waals surface area contributed by atoms with Crippen LogP contribution in [0.3, 0.4) is 0 Å². The first kappa shape index (κ1) is 12.5. The van der Waals surface area contributed by atoms with Gasteiger partial charge in [-0.2, -0.15) is 5.26 Å². The number of aromatic nitrogens is 1. The zero-order valence-corrected chi connectivity index (χ0v) is 11.6. The third-order valence-electron chi connectivity index (χ3n) is 3.45. The summed E-state index contributed by atoms with van der Waals surface area (Å²) in [6, 6.07) is 9.72. The number of nitriles is 1. The molecule has 0 N–H and O–H groups in total. The van der Waals surface area contributed by atoms with E-state index in [1.165, 1.54) is 0 Å². The van der Waals surface area contributed by atoms with Gasteiger partial charge < -0.3 is 0 Å². The summed E-state index contributed by atoms with van der Waals surface area (Å²) in [4.78, 5) is 4.42. The molecule has 4 heteroatoms. The van der Waals surface area contributed by atoms with Crippen molar-refractivity contribution in [1.82, 2.24) is 4.98 Å². The second kappa shape index (κ2) is 4.85. The van der Waals surface area contributed by atoms with Gasteiger partial charge in [0.2, 0.25) is 0 Å². The van der Waals surface area contributed by atoms with Crippen molar-refractivity contribution in [2.45, 2.75) is 19.3 Å². The quantitative estimate of drug-likeness (QED) is 0.729. The van der Waals surface area contributed by atoms with E-state index in [0.29, 0.717) is 15.7 Å². The van der Waals surface area contributed by atoms with E-state index in [-0.39, 0.29) is 0 Å². The molecule has 1 aliphatic rings. The Labute approximate surface area is 121 Å². The van der Waals surface area contributed by atoms with Crippen LogP contribution in [0.5, 0.6) is 0 Å². The predicted octanol–water partition coefficient (Wildman–Crippen LogP) is 4.42. The van der Waals surface area contributed by atoms with Gasteiger partial charge in [-0.3, -0.25) is 0 Å². The van der Waals surface area contributed by atoms with Gasteiger partial charge in [0.05, 0.1) is 11.3 Å². The van der Waals surface area contributed by atoms with E-state index in [9.17, 15) is 5.26 Å². The summed E-state index contributed by atoms with van der Waals surface area (Å²) in [5.74, 6) is 0. The normalized spacial score (nSPS) is 13.1. The number of hydrogen-bond acceptors (Lipinski definition) is 2. The molecule has 0 spiro atoms. The Balaban J connectivity index is 2.24. The number of benzene rings is 1.